The summed E-state index contributed by atoms with van der Waals surface area (Å²) in [6, 6.07) is 5.13. The summed E-state index contributed by atoms with van der Waals surface area (Å²) < 4.78 is 13.8. The van der Waals surface area contributed by atoms with E-state index in [2.05, 4.69) is 9.97 Å². The van der Waals surface area contributed by atoms with Crippen LogP contribution in [0.15, 0.2) is 36.9 Å². The zero-order chi connectivity index (χ0) is 12.5. The maximum atomic E-state index is 13.8. The van der Waals surface area contributed by atoms with Crippen molar-refractivity contribution in [3.05, 3.63) is 48.3 Å². The van der Waals surface area contributed by atoms with Crippen molar-refractivity contribution >= 4 is 0 Å². The maximum Gasteiger partial charge on any atom is 0.126 e. The van der Waals surface area contributed by atoms with Gasteiger partial charge in [-0.15, -0.1) is 0 Å². The van der Waals surface area contributed by atoms with Crippen LogP contribution in [0.4, 0.5) is 4.39 Å². The summed E-state index contributed by atoms with van der Waals surface area (Å²) in [6.07, 6.45) is 4.94. The number of rotatable bonds is 1. The molecule has 2 nitrogen and oxygen atoms in total. The van der Waals surface area contributed by atoms with E-state index in [0.29, 0.717) is 5.56 Å². The van der Waals surface area contributed by atoms with Gasteiger partial charge in [-0.25, -0.2) is 14.4 Å². The van der Waals surface area contributed by atoms with Gasteiger partial charge >= 0.3 is 0 Å². The molecule has 0 saturated heterocycles. The van der Waals surface area contributed by atoms with Gasteiger partial charge in [-0.05, 0) is 28.7 Å². The molecule has 0 saturated carbocycles. The molecule has 1 aromatic heterocycles. The number of benzene rings is 1. The summed E-state index contributed by atoms with van der Waals surface area (Å²) in [4.78, 5) is 7.94. The Morgan fingerprint density at radius 2 is 1.65 bits per heavy atom. The largest absolute Gasteiger partial charge is 0.244 e. The third-order valence-electron chi connectivity index (χ3n) is 2.67. The first-order valence-corrected chi connectivity index (χ1v) is 5.54. The first-order valence-electron chi connectivity index (χ1n) is 5.54. The fourth-order valence-corrected chi connectivity index (χ4v) is 1.73. The van der Waals surface area contributed by atoms with Crippen molar-refractivity contribution in [3.63, 3.8) is 0 Å². The molecule has 0 aliphatic carbocycles. The minimum absolute atomic E-state index is 0.168. The van der Waals surface area contributed by atoms with Gasteiger partial charge < -0.3 is 0 Å². The van der Waals surface area contributed by atoms with E-state index in [-0.39, 0.29) is 11.2 Å². The van der Waals surface area contributed by atoms with Gasteiger partial charge in [0, 0.05) is 18.0 Å². The van der Waals surface area contributed by atoms with Gasteiger partial charge in [-0.2, -0.15) is 0 Å². The lowest BCUT2D eigenvalue weighted by atomic mass is 9.85. The van der Waals surface area contributed by atoms with E-state index in [1.165, 1.54) is 12.4 Å². The first-order chi connectivity index (χ1) is 7.98. The molecule has 0 bridgehead atoms. The smallest absolute Gasteiger partial charge is 0.126 e. The highest BCUT2D eigenvalue weighted by atomic mass is 19.1. The van der Waals surface area contributed by atoms with Crippen molar-refractivity contribution in [3.8, 4) is 11.1 Å². The van der Waals surface area contributed by atoms with E-state index >= 15 is 0 Å². The summed E-state index contributed by atoms with van der Waals surface area (Å²) >= 11 is 0. The molecule has 1 aromatic carbocycles. The molecule has 2 aromatic rings. The first kappa shape index (κ1) is 11.7. The van der Waals surface area contributed by atoms with Gasteiger partial charge in [-0.3, -0.25) is 0 Å². The lowest BCUT2D eigenvalue weighted by Crippen LogP contribution is -2.13. The number of aromatic nitrogens is 2. The standard InChI is InChI=1S/C14H15FN2/c1-14(2,3)12-6-10(4-5-13(12)15)11-7-16-9-17-8-11/h4-9H,1-3H3. The van der Waals surface area contributed by atoms with Crippen LogP contribution < -0.4 is 0 Å². The lowest BCUT2D eigenvalue weighted by molar-refractivity contribution is 0.523. The molecular formula is C14H15FN2. The zero-order valence-electron chi connectivity index (χ0n) is 10.2. The average Bonchev–Trinajstić information content (AvgIpc) is 2.29. The molecule has 0 fully saturated rings. The van der Waals surface area contributed by atoms with Crippen LogP contribution in [0.5, 0.6) is 0 Å². The SMILES string of the molecule is CC(C)(C)c1cc(-c2cncnc2)ccc1F. The van der Waals surface area contributed by atoms with Gasteiger partial charge in [-0.1, -0.05) is 26.8 Å². The van der Waals surface area contributed by atoms with E-state index < -0.39 is 0 Å². The van der Waals surface area contributed by atoms with Gasteiger partial charge in [0.25, 0.3) is 0 Å². The zero-order valence-corrected chi connectivity index (χ0v) is 10.2. The minimum atomic E-state index is -0.213. The normalized spacial score (nSPS) is 11.5. The Hall–Kier alpha value is -1.77. The quantitative estimate of drug-likeness (QED) is 0.748. The molecule has 17 heavy (non-hydrogen) atoms. The van der Waals surface area contributed by atoms with Crippen molar-refractivity contribution in [2.24, 2.45) is 0 Å². The number of hydrogen-bond donors (Lipinski definition) is 0. The molecule has 3 heteroatoms. The molecule has 0 spiro atoms. The fraction of sp³-hybridized carbons (Fsp3) is 0.286. The summed E-state index contributed by atoms with van der Waals surface area (Å²) in [6.45, 7) is 5.99. The van der Waals surface area contributed by atoms with E-state index in [1.807, 2.05) is 26.8 Å². The van der Waals surface area contributed by atoms with E-state index in [0.717, 1.165) is 11.1 Å². The highest BCUT2D eigenvalue weighted by Crippen LogP contribution is 2.29. The van der Waals surface area contributed by atoms with Crippen LogP contribution in [0.25, 0.3) is 11.1 Å². The molecule has 0 aliphatic rings. The van der Waals surface area contributed by atoms with Crippen molar-refractivity contribution in [2.45, 2.75) is 26.2 Å². The van der Waals surface area contributed by atoms with Gasteiger partial charge in [0.1, 0.15) is 12.1 Å². The van der Waals surface area contributed by atoms with Crippen LogP contribution in [0.1, 0.15) is 26.3 Å². The summed E-state index contributed by atoms with van der Waals surface area (Å²) in [5.41, 5.74) is 2.34. The minimum Gasteiger partial charge on any atom is -0.244 e. The Kier molecular flexibility index (Phi) is 2.92. The Labute approximate surface area is 101 Å². The molecule has 0 radical (unpaired) electrons. The van der Waals surface area contributed by atoms with Crippen molar-refractivity contribution in [1.82, 2.24) is 9.97 Å². The van der Waals surface area contributed by atoms with Crippen LogP contribution in [0.2, 0.25) is 0 Å². The second kappa shape index (κ2) is 4.24. The Balaban J connectivity index is 2.53. The van der Waals surface area contributed by atoms with E-state index in [4.69, 9.17) is 0 Å². The Bertz CT molecular complexity index is 515. The fourth-order valence-electron chi connectivity index (χ4n) is 1.73. The molecule has 0 amide bonds. The molecule has 0 aliphatic heterocycles. The van der Waals surface area contributed by atoms with Crippen LogP contribution in [0, 0.1) is 5.82 Å². The van der Waals surface area contributed by atoms with Crippen molar-refractivity contribution in [1.29, 1.82) is 0 Å². The lowest BCUT2D eigenvalue weighted by Gasteiger charge is -2.20. The van der Waals surface area contributed by atoms with Crippen molar-refractivity contribution in [2.75, 3.05) is 0 Å². The van der Waals surface area contributed by atoms with Crippen LogP contribution in [-0.2, 0) is 5.41 Å². The summed E-state index contributed by atoms with van der Waals surface area (Å²) in [7, 11) is 0. The molecule has 0 unspecified atom stereocenters. The third-order valence-corrected chi connectivity index (χ3v) is 2.67. The molecule has 88 valence electrons. The maximum absolute atomic E-state index is 13.8. The third kappa shape index (κ3) is 2.49. The molecule has 1 heterocycles. The predicted octanol–water partition coefficient (Wildman–Crippen LogP) is 3.58. The topological polar surface area (TPSA) is 25.8 Å². The highest BCUT2D eigenvalue weighted by Gasteiger charge is 2.18. The van der Waals surface area contributed by atoms with Crippen molar-refractivity contribution < 1.29 is 4.39 Å². The van der Waals surface area contributed by atoms with Crippen LogP contribution in [-0.4, -0.2) is 9.97 Å². The second-order valence-corrected chi connectivity index (χ2v) is 5.07. The summed E-state index contributed by atoms with van der Waals surface area (Å²) in [5, 5.41) is 0. The monoisotopic (exact) mass is 230 g/mol. The molecule has 0 atom stereocenters. The highest BCUT2D eigenvalue weighted by molar-refractivity contribution is 5.62. The summed E-state index contributed by atoms with van der Waals surface area (Å²) in [5.74, 6) is -0.168. The van der Waals surface area contributed by atoms with Gasteiger partial charge in [0.15, 0.2) is 0 Å². The van der Waals surface area contributed by atoms with Gasteiger partial charge in [0.2, 0.25) is 0 Å². The number of hydrogen-bond acceptors (Lipinski definition) is 2. The van der Waals surface area contributed by atoms with Crippen LogP contribution in [0.3, 0.4) is 0 Å². The molecular weight excluding hydrogens is 215 g/mol. The molecule has 0 N–H and O–H groups in total. The predicted molar refractivity (Wildman–Crippen MR) is 66.1 cm³/mol. The number of nitrogens with zero attached hydrogens (tertiary/aromatic N) is 2. The van der Waals surface area contributed by atoms with Crippen LogP contribution >= 0.6 is 0 Å². The second-order valence-electron chi connectivity index (χ2n) is 5.07. The molecule has 2 rings (SSSR count). The van der Waals surface area contributed by atoms with Gasteiger partial charge in [0.05, 0.1) is 0 Å². The Morgan fingerprint density at radius 3 is 2.24 bits per heavy atom. The number of halogens is 1. The Morgan fingerprint density at radius 1 is 1.00 bits per heavy atom. The average molecular weight is 230 g/mol. The van der Waals surface area contributed by atoms with E-state index in [9.17, 15) is 4.39 Å². The van der Waals surface area contributed by atoms with E-state index in [1.54, 1.807) is 18.5 Å².